The van der Waals surface area contributed by atoms with E-state index >= 15 is 0 Å². The summed E-state index contributed by atoms with van der Waals surface area (Å²) >= 11 is 0. The quantitative estimate of drug-likeness (QED) is 0.742. The zero-order valence-electron chi connectivity index (χ0n) is 9.67. The Balaban J connectivity index is 1.57. The van der Waals surface area contributed by atoms with Gasteiger partial charge in [0.25, 0.3) is 0 Å². The third kappa shape index (κ3) is 2.64. The number of hydrogen-bond acceptors (Lipinski definition) is 6. The summed E-state index contributed by atoms with van der Waals surface area (Å²) in [7, 11) is 0. The fourth-order valence-electron chi connectivity index (χ4n) is 1.42. The minimum Gasteiger partial charge on any atom is -0.406 e. The van der Waals surface area contributed by atoms with Crippen LogP contribution in [0, 0.1) is 11.8 Å². The standard InChI is InChI=1S/C12H12N2O4/c15-11(7-1-2-7)17-9-5-14-10(6-13-9)18-12(16)8-3-4-8/h5-8H,1-4H2. The Morgan fingerprint density at radius 3 is 1.56 bits per heavy atom. The van der Waals surface area contributed by atoms with Gasteiger partial charge in [0.1, 0.15) is 0 Å². The van der Waals surface area contributed by atoms with E-state index in [1.165, 1.54) is 12.4 Å². The number of carbonyl (C=O) groups excluding carboxylic acids is 2. The Hall–Kier alpha value is -1.98. The van der Waals surface area contributed by atoms with E-state index < -0.39 is 0 Å². The molecule has 0 unspecified atom stereocenters. The molecule has 0 spiro atoms. The zero-order valence-corrected chi connectivity index (χ0v) is 9.67. The molecular weight excluding hydrogens is 236 g/mol. The molecule has 2 aliphatic rings. The monoisotopic (exact) mass is 248 g/mol. The van der Waals surface area contributed by atoms with Crippen LogP contribution in [0.2, 0.25) is 0 Å². The Morgan fingerprint density at radius 2 is 1.28 bits per heavy atom. The van der Waals surface area contributed by atoms with E-state index in [1.54, 1.807) is 0 Å². The topological polar surface area (TPSA) is 78.4 Å². The molecule has 3 rings (SSSR count). The van der Waals surface area contributed by atoms with Gasteiger partial charge in [-0.25, -0.2) is 9.97 Å². The molecule has 0 amide bonds. The molecule has 6 heteroatoms. The van der Waals surface area contributed by atoms with Crippen molar-refractivity contribution in [3.8, 4) is 11.8 Å². The molecule has 2 fully saturated rings. The number of ether oxygens (including phenoxy) is 2. The summed E-state index contributed by atoms with van der Waals surface area (Å²) in [6.45, 7) is 0. The SMILES string of the molecule is O=C(Oc1cnc(OC(=O)C2CC2)cn1)C1CC1. The van der Waals surface area contributed by atoms with Crippen molar-refractivity contribution in [2.45, 2.75) is 25.7 Å². The fraction of sp³-hybridized carbons (Fsp3) is 0.500. The van der Waals surface area contributed by atoms with Gasteiger partial charge >= 0.3 is 11.9 Å². The number of nitrogens with zero attached hydrogens (tertiary/aromatic N) is 2. The molecule has 0 aromatic carbocycles. The van der Waals surface area contributed by atoms with E-state index in [4.69, 9.17) is 9.47 Å². The summed E-state index contributed by atoms with van der Waals surface area (Å²) in [5, 5.41) is 0. The van der Waals surface area contributed by atoms with Crippen molar-refractivity contribution < 1.29 is 19.1 Å². The van der Waals surface area contributed by atoms with E-state index in [2.05, 4.69) is 9.97 Å². The molecule has 2 aliphatic carbocycles. The summed E-state index contributed by atoms with van der Waals surface area (Å²) in [6.07, 6.45) is 6.09. The molecule has 6 nitrogen and oxygen atoms in total. The molecule has 0 aliphatic heterocycles. The van der Waals surface area contributed by atoms with Gasteiger partial charge in [0.05, 0.1) is 24.2 Å². The van der Waals surface area contributed by atoms with Gasteiger partial charge in [-0.15, -0.1) is 0 Å². The molecule has 0 saturated heterocycles. The Kier molecular flexibility index (Phi) is 2.70. The first kappa shape index (κ1) is 11.1. The molecule has 1 aromatic heterocycles. The van der Waals surface area contributed by atoms with Crippen LogP contribution in [0.25, 0.3) is 0 Å². The van der Waals surface area contributed by atoms with Crippen LogP contribution in [-0.4, -0.2) is 21.9 Å². The summed E-state index contributed by atoms with van der Waals surface area (Å²) in [4.78, 5) is 30.5. The van der Waals surface area contributed by atoms with Crippen LogP contribution < -0.4 is 9.47 Å². The summed E-state index contributed by atoms with van der Waals surface area (Å²) in [6, 6.07) is 0. The van der Waals surface area contributed by atoms with Gasteiger partial charge in [-0.05, 0) is 25.7 Å². The number of esters is 2. The lowest BCUT2D eigenvalue weighted by molar-refractivity contribution is -0.137. The summed E-state index contributed by atoms with van der Waals surface area (Å²) in [5.41, 5.74) is 0. The van der Waals surface area contributed by atoms with Gasteiger partial charge < -0.3 is 9.47 Å². The van der Waals surface area contributed by atoms with Crippen molar-refractivity contribution in [1.82, 2.24) is 9.97 Å². The van der Waals surface area contributed by atoms with E-state index in [1.807, 2.05) is 0 Å². The molecule has 0 N–H and O–H groups in total. The molecule has 0 bridgehead atoms. The summed E-state index contributed by atoms with van der Waals surface area (Å²) in [5.74, 6) is -0.242. The highest BCUT2D eigenvalue weighted by atomic mass is 16.6. The van der Waals surface area contributed by atoms with E-state index in [-0.39, 0.29) is 35.5 Å². The van der Waals surface area contributed by atoms with E-state index in [9.17, 15) is 9.59 Å². The molecule has 1 heterocycles. The van der Waals surface area contributed by atoms with Crippen molar-refractivity contribution in [3.63, 3.8) is 0 Å². The van der Waals surface area contributed by atoms with Crippen LogP contribution in [0.15, 0.2) is 12.4 Å². The van der Waals surface area contributed by atoms with Crippen LogP contribution >= 0.6 is 0 Å². The van der Waals surface area contributed by atoms with Crippen molar-refractivity contribution in [1.29, 1.82) is 0 Å². The summed E-state index contributed by atoms with van der Waals surface area (Å²) < 4.78 is 10.0. The predicted molar refractivity (Wildman–Crippen MR) is 58.8 cm³/mol. The third-order valence-electron chi connectivity index (χ3n) is 2.84. The molecule has 0 atom stereocenters. The minimum absolute atomic E-state index is 0.0131. The van der Waals surface area contributed by atoms with Crippen molar-refractivity contribution in [2.75, 3.05) is 0 Å². The maximum Gasteiger partial charge on any atom is 0.315 e. The highest BCUT2D eigenvalue weighted by molar-refractivity contribution is 5.77. The Bertz CT molecular complexity index is 432. The molecule has 94 valence electrons. The second-order valence-electron chi connectivity index (χ2n) is 4.58. The van der Waals surface area contributed by atoms with Crippen LogP contribution in [-0.2, 0) is 9.59 Å². The number of hydrogen-bond donors (Lipinski definition) is 0. The maximum absolute atomic E-state index is 11.4. The zero-order chi connectivity index (χ0) is 12.5. The van der Waals surface area contributed by atoms with Gasteiger partial charge in [-0.3, -0.25) is 9.59 Å². The van der Waals surface area contributed by atoms with Crippen molar-refractivity contribution in [3.05, 3.63) is 12.4 Å². The van der Waals surface area contributed by atoms with Crippen LogP contribution in [0.4, 0.5) is 0 Å². The average molecular weight is 248 g/mol. The number of carbonyl (C=O) groups is 2. The second-order valence-corrected chi connectivity index (χ2v) is 4.58. The Morgan fingerprint density at radius 1 is 0.889 bits per heavy atom. The van der Waals surface area contributed by atoms with Gasteiger partial charge in [0, 0.05) is 0 Å². The molecule has 1 aromatic rings. The average Bonchev–Trinajstić information content (AvgIpc) is 3.22. The van der Waals surface area contributed by atoms with Crippen LogP contribution in [0.3, 0.4) is 0 Å². The number of aromatic nitrogens is 2. The fourth-order valence-corrected chi connectivity index (χ4v) is 1.42. The van der Waals surface area contributed by atoms with Crippen LogP contribution in [0.1, 0.15) is 25.7 Å². The predicted octanol–water partition coefficient (Wildman–Crippen LogP) is 1.11. The lowest BCUT2D eigenvalue weighted by Gasteiger charge is -2.03. The second kappa shape index (κ2) is 4.36. The smallest absolute Gasteiger partial charge is 0.315 e. The molecular formula is C12H12N2O4. The molecule has 2 saturated carbocycles. The van der Waals surface area contributed by atoms with Crippen molar-refractivity contribution >= 4 is 11.9 Å². The highest BCUT2D eigenvalue weighted by Crippen LogP contribution is 2.31. The van der Waals surface area contributed by atoms with Crippen LogP contribution in [0.5, 0.6) is 11.8 Å². The van der Waals surface area contributed by atoms with E-state index in [0.717, 1.165) is 25.7 Å². The first-order valence-electron chi connectivity index (χ1n) is 5.98. The minimum atomic E-state index is -0.271. The highest BCUT2D eigenvalue weighted by Gasteiger charge is 2.33. The normalized spacial score (nSPS) is 18.2. The number of rotatable bonds is 4. The lowest BCUT2D eigenvalue weighted by Crippen LogP contribution is -2.13. The maximum atomic E-state index is 11.4. The lowest BCUT2D eigenvalue weighted by atomic mass is 10.4. The van der Waals surface area contributed by atoms with Gasteiger partial charge in [-0.2, -0.15) is 0 Å². The van der Waals surface area contributed by atoms with Gasteiger partial charge in [0.2, 0.25) is 11.8 Å². The van der Waals surface area contributed by atoms with Gasteiger partial charge in [-0.1, -0.05) is 0 Å². The largest absolute Gasteiger partial charge is 0.406 e. The molecule has 18 heavy (non-hydrogen) atoms. The first-order valence-corrected chi connectivity index (χ1v) is 5.98. The van der Waals surface area contributed by atoms with E-state index in [0.29, 0.717) is 0 Å². The van der Waals surface area contributed by atoms with Gasteiger partial charge in [0.15, 0.2) is 0 Å². The Labute approximate surface area is 103 Å². The van der Waals surface area contributed by atoms with Crippen molar-refractivity contribution in [2.24, 2.45) is 11.8 Å². The third-order valence-corrected chi connectivity index (χ3v) is 2.84. The molecule has 0 radical (unpaired) electrons. The first-order chi connectivity index (χ1) is 8.72.